The van der Waals surface area contributed by atoms with Gasteiger partial charge in [-0.3, -0.25) is 0 Å². The minimum Gasteiger partial charge on any atom is -0.456 e. The van der Waals surface area contributed by atoms with Crippen LogP contribution < -0.4 is 5.32 Å². The quantitative estimate of drug-likeness (QED) is 0.157. The van der Waals surface area contributed by atoms with Crippen molar-refractivity contribution in [3.8, 4) is 55.9 Å². The van der Waals surface area contributed by atoms with Gasteiger partial charge in [0.2, 0.25) is 0 Å². The number of hydrogen-bond acceptors (Lipinski definition) is 4. The van der Waals surface area contributed by atoms with E-state index in [4.69, 9.17) is 14.4 Å². The molecule has 1 unspecified atom stereocenters. The van der Waals surface area contributed by atoms with Gasteiger partial charge in [0, 0.05) is 54.7 Å². The van der Waals surface area contributed by atoms with Crippen LogP contribution in [0, 0.1) is 0 Å². The third kappa shape index (κ3) is 7.56. The molecule has 81 heavy (non-hydrogen) atoms. The SMILES string of the molecule is c1ccc(-c2ccc3c4c(-c5cccc6c5c5ccccc5n6-c5ccccc5C5N=C(c6ccccc6-c6ccccc6)N=C(c6cccc7oc8cccc(-c9ccccc9)c8c67)N5)cccc4n(-c4ccccc4)c3c2)cc1. The highest BCUT2D eigenvalue weighted by molar-refractivity contribution is 6.25. The Morgan fingerprint density at radius 2 is 0.840 bits per heavy atom. The summed E-state index contributed by atoms with van der Waals surface area (Å²) in [6.07, 6.45) is -0.562. The summed E-state index contributed by atoms with van der Waals surface area (Å²) in [6, 6.07) is 102. The minimum atomic E-state index is -0.562. The monoisotopic (exact) mass is 1040 g/mol. The number of rotatable bonds is 9. The molecule has 16 rings (SSSR count). The third-order valence-electron chi connectivity index (χ3n) is 16.2. The summed E-state index contributed by atoms with van der Waals surface area (Å²) in [7, 11) is 0. The molecule has 0 fully saturated rings. The highest BCUT2D eigenvalue weighted by Gasteiger charge is 2.29. The van der Waals surface area contributed by atoms with E-state index in [0.29, 0.717) is 11.7 Å². The maximum absolute atomic E-state index is 6.71. The molecule has 0 bridgehead atoms. The maximum atomic E-state index is 6.71. The van der Waals surface area contributed by atoms with Crippen LogP contribution in [0.3, 0.4) is 0 Å². The van der Waals surface area contributed by atoms with Gasteiger partial charge in [-0.1, -0.05) is 231 Å². The Bertz CT molecular complexity index is 5010. The van der Waals surface area contributed by atoms with E-state index in [2.05, 4.69) is 300 Å². The van der Waals surface area contributed by atoms with Gasteiger partial charge in [0.1, 0.15) is 23.2 Å². The number of aromatic nitrogens is 2. The van der Waals surface area contributed by atoms with Crippen molar-refractivity contribution >= 4 is 77.2 Å². The van der Waals surface area contributed by atoms with Crippen LogP contribution in [0.15, 0.2) is 300 Å². The first-order valence-corrected chi connectivity index (χ1v) is 27.6. The van der Waals surface area contributed by atoms with Crippen molar-refractivity contribution in [3.63, 3.8) is 0 Å². The van der Waals surface area contributed by atoms with Gasteiger partial charge in [-0.15, -0.1) is 0 Å². The Labute approximate surface area is 467 Å². The first-order valence-electron chi connectivity index (χ1n) is 27.6. The molecule has 1 atom stereocenters. The van der Waals surface area contributed by atoms with Gasteiger partial charge in [0.05, 0.1) is 27.8 Å². The predicted octanol–water partition coefficient (Wildman–Crippen LogP) is 18.9. The minimum absolute atomic E-state index is 0.562. The van der Waals surface area contributed by atoms with E-state index >= 15 is 0 Å². The summed E-state index contributed by atoms with van der Waals surface area (Å²) in [5.41, 5.74) is 20.2. The zero-order valence-electron chi connectivity index (χ0n) is 43.9. The lowest BCUT2D eigenvalue weighted by molar-refractivity contribution is 0.667. The normalized spacial score (nSPS) is 13.6. The molecule has 1 aliphatic rings. The van der Waals surface area contributed by atoms with Crippen molar-refractivity contribution in [3.05, 3.63) is 302 Å². The highest BCUT2D eigenvalue weighted by Crippen LogP contribution is 2.46. The van der Waals surface area contributed by atoms with E-state index in [1.54, 1.807) is 0 Å². The molecule has 0 radical (unpaired) electrons. The molecular formula is C75H49N5O. The third-order valence-corrected chi connectivity index (χ3v) is 16.2. The van der Waals surface area contributed by atoms with Crippen molar-refractivity contribution in [1.29, 1.82) is 0 Å². The van der Waals surface area contributed by atoms with E-state index < -0.39 is 6.17 Å². The Kier molecular flexibility index (Phi) is 10.8. The average molecular weight is 1040 g/mol. The predicted molar refractivity (Wildman–Crippen MR) is 336 cm³/mol. The summed E-state index contributed by atoms with van der Waals surface area (Å²) >= 11 is 0. The number of furan rings is 1. The highest BCUT2D eigenvalue weighted by atomic mass is 16.3. The molecule has 380 valence electrons. The van der Waals surface area contributed by atoms with E-state index in [-0.39, 0.29) is 0 Å². The number of para-hydroxylation sites is 3. The number of nitrogens with zero attached hydrogens (tertiary/aromatic N) is 4. The molecule has 3 aromatic heterocycles. The van der Waals surface area contributed by atoms with Crippen LogP contribution >= 0.6 is 0 Å². The van der Waals surface area contributed by atoms with Gasteiger partial charge in [-0.05, 0) is 99.1 Å². The summed E-state index contributed by atoms with van der Waals surface area (Å²) < 4.78 is 11.6. The van der Waals surface area contributed by atoms with Gasteiger partial charge in [-0.2, -0.15) is 0 Å². The molecule has 1 N–H and O–H groups in total. The molecule has 0 spiro atoms. The van der Waals surface area contributed by atoms with E-state index in [9.17, 15) is 0 Å². The molecule has 6 nitrogen and oxygen atoms in total. The molecule has 0 amide bonds. The summed E-state index contributed by atoms with van der Waals surface area (Å²) in [6.45, 7) is 0. The molecule has 15 aromatic rings. The van der Waals surface area contributed by atoms with Gasteiger partial charge in [0.15, 0.2) is 5.84 Å². The Hall–Kier alpha value is -10.8. The van der Waals surface area contributed by atoms with Crippen molar-refractivity contribution in [2.75, 3.05) is 0 Å². The molecule has 12 aromatic carbocycles. The number of nitrogens with one attached hydrogen (secondary N) is 1. The van der Waals surface area contributed by atoms with Crippen molar-refractivity contribution in [2.24, 2.45) is 9.98 Å². The summed E-state index contributed by atoms with van der Waals surface area (Å²) in [5.74, 6) is 1.35. The Morgan fingerprint density at radius 1 is 0.333 bits per heavy atom. The second-order valence-electron chi connectivity index (χ2n) is 20.8. The van der Waals surface area contributed by atoms with Crippen LogP contribution in [-0.4, -0.2) is 20.8 Å². The number of benzene rings is 12. The van der Waals surface area contributed by atoms with Crippen molar-refractivity contribution < 1.29 is 4.42 Å². The van der Waals surface area contributed by atoms with Crippen LogP contribution in [0.25, 0.3) is 121 Å². The molecule has 6 heteroatoms. The van der Waals surface area contributed by atoms with E-state index in [1.165, 1.54) is 43.8 Å². The number of amidine groups is 2. The van der Waals surface area contributed by atoms with Crippen LogP contribution in [-0.2, 0) is 0 Å². The molecule has 0 saturated heterocycles. The first kappa shape index (κ1) is 46.3. The van der Waals surface area contributed by atoms with Crippen LogP contribution in [0.5, 0.6) is 0 Å². The van der Waals surface area contributed by atoms with Gasteiger partial charge in [-0.25, -0.2) is 9.98 Å². The average Bonchev–Trinajstić information content (AvgIpc) is 4.42. The molecule has 0 saturated carbocycles. The fourth-order valence-electron chi connectivity index (χ4n) is 12.7. The van der Waals surface area contributed by atoms with Gasteiger partial charge >= 0.3 is 0 Å². The second kappa shape index (κ2) is 19.0. The van der Waals surface area contributed by atoms with Crippen LogP contribution in [0.1, 0.15) is 22.9 Å². The summed E-state index contributed by atoms with van der Waals surface area (Å²) in [4.78, 5) is 11.2. The van der Waals surface area contributed by atoms with Crippen LogP contribution in [0.4, 0.5) is 0 Å². The lowest BCUT2D eigenvalue weighted by atomic mass is 9.95. The zero-order valence-corrected chi connectivity index (χ0v) is 43.9. The van der Waals surface area contributed by atoms with E-state index in [1.807, 2.05) is 0 Å². The maximum Gasteiger partial charge on any atom is 0.160 e. The lowest BCUT2D eigenvalue weighted by Gasteiger charge is -2.26. The number of fused-ring (bicyclic) bond motifs is 9. The smallest absolute Gasteiger partial charge is 0.160 e. The van der Waals surface area contributed by atoms with E-state index in [0.717, 1.165) is 94.3 Å². The molecule has 4 heterocycles. The fraction of sp³-hybridized carbons (Fsp3) is 0.0133. The molecule has 1 aliphatic heterocycles. The van der Waals surface area contributed by atoms with Gasteiger partial charge in [0.25, 0.3) is 0 Å². The Balaban J connectivity index is 0.907. The lowest BCUT2D eigenvalue weighted by Crippen LogP contribution is -2.34. The summed E-state index contributed by atoms with van der Waals surface area (Å²) in [5, 5.41) is 10.8. The first-order chi connectivity index (χ1) is 40.2. The second-order valence-corrected chi connectivity index (χ2v) is 20.8. The number of aliphatic imine (C=N–C) groups is 2. The zero-order chi connectivity index (χ0) is 53.4. The largest absolute Gasteiger partial charge is 0.456 e. The molecular weight excluding hydrogens is 987 g/mol. The van der Waals surface area contributed by atoms with Crippen LogP contribution in [0.2, 0.25) is 0 Å². The fourth-order valence-corrected chi connectivity index (χ4v) is 12.7. The number of hydrogen-bond donors (Lipinski definition) is 1. The molecule has 0 aliphatic carbocycles. The Morgan fingerprint density at radius 3 is 1.56 bits per heavy atom. The standard InChI is InChI=1S/C75H49N5O/c1-5-23-48(24-6-1)51-45-46-59-66(47-51)79(52-29-11-4-12-30-52)64-41-19-36-56(70(59)64)55-37-20-42-65-69(55)58-33-15-17-39-62(58)80(65)63-40-18-16-34-60(63)74-76-73(57-32-14-13-31-53(57)49-25-7-2-8-26-49)77-75(78-74)61-38-22-44-68-72(61)71-54(35-21-43-67(71)81-68)50-27-9-3-10-28-50/h1-47,74H,(H,76,77,78). The topological polar surface area (TPSA) is 59.8 Å². The van der Waals surface area contributed by atoms with Crippen molar-refractivity contribution in [1.82, 2.24) is 14.5 Å². The van der Waals surface area contributed by atoms with Gasteiger partial charge < -0.3 is 18.9 Å². The van der Waals surface area contributed by atoms with Crippen molar-refractivity contribution in [2.45, 2.75) is 6.17 Å².